The van der Waals surface area contributed by atoms with Crippen LogP contribution in [0.4, 0.5) is 18.9 Å². The summed E-state index contributed by atoms with van der Waals surface area (Å²) in [5.74, 6) is -1.38. The van der Waals surface area contributed by atoms with Gasteiger partial charge in [0, 0.05) is 50.4 Å². The van der Waals surface area contributed by atoms with E-state index < -0.39 is 23.1 Å². The van der Waals surface area contributed by atoms with E-state index in [0.29, 0.717) is 32.7 Å². The third-order valence-electron chi connectivity index (χ3n) is 5.03. The van der Waals surface area contributed by atoms with Gasteiger partial charge in [0.05, 0.1) is 11.5 Å². The highest BCUT2D eigenvalue weighted by Crippen LogP contribution is 2.23. The van der Waals surface area contributed by atoms with Crippen molar-refractivity contribution in [2.75, 3.05) is 32.7 Å². The van der Waals surface area contributed by atoms with Crippen molar-refractivity contribution in [3.05, 3.63) is 69.8 Å². The van der Waals surface area contributed by atoms with Crippen LogP contribution in [0.2, 0.25) is 0 Å². The van der Waals surface area contributed by atoms with Crippen molar-refractivity contribution in [3.63, 3.8) is 0 Å². The Hall–Kier alpha value is -3.71. The molecule has 1 saturated heterocycles. The molecule has 1 aliphatic rings. The molecule has 0 aromatic heterocycles. The first-order chi connectivity index (χ1) is 16.1. The molecule has 3 rings (SSSR count). The van der Waals surface area contributed by atoms with Crippen LogP contribution < -0.4 is 15.6 Å². The van der Waals surface area contributed by atoms with E-state index in [2.05, 4.69) is 20.5 Å². The van der Waals surface area contributed by atoms with Crippen LogP contribution in [-0.4, -0.2) is 65.6 Å². The lowest BCUT2D eigenvalue weighted by Crippen LogP contribution is -2.51. The highest BCUT2D eigenvalue weighted by molar-refractivity contribution is 5.96. The number of amides is 2. The molecule has 0 radical (unpaired) electrons. The minimum atomic E-state index is -4.73. The maximum Gasteiger partial charge on any atom is 0.573 e. The van der Waals surface area contributed by atoms with Crippen LogP contribution in [0.1, 0.15) is 15.9 Å². The normalized spacial score (nSPS) is 14.9. The number of nitrogens with zero attached hydrogens (tertiary/aromatic N) is 3. The van der Waals surface area contributed by atoms with Crippen molar-refractivity contribution in [2.24, 2.45) is 0 Å². The Balaban J connectivity index is 1.38. The number of piperazine rings is 1. The first kappa shape index (κ1) is 24.9. The number of carbonyl (C=O) groups is 2. The molecule has 13 heteroatoms. The van der Waals surface area contributed by atoms with Gasteiger partial charge in [0.2, 0.25) is 0 Å². The summed E-state index contributed by atoms with van der Waals surface area (Å²) in [6.45, 7) is 3.06. The fraction of sp³-hybridized carbons (Fsp3) is 0.333. The van der Waals surface area contributed by atoms with E-state index >= 15 is 0 Å². The molecule has 0 spiro atoms. The predicted octanol–water partition coefficient (Wildman–Crippen LogP) is 2.07. The Kier molecular flexibility index (Phi) is 8.02. The number of benzene rings is 2. The summed E-state index contributed by atoms with van der Waals surface area (Å²) in [5, 5.41) is 10.8. The minimum Gasteiger partial charge on any atom is -0.406 e. The van der Waals surface area contributed by atoms with Gasteiger partial charge in [0.15, 0.2) is 0 Å². The molecule has 1 aliphatic heterocycles. The standard InChI is InChI=1S/C21H22F3N5O5/c22-21(23,24)34-18-6-4-15(5-7-18)13-27-8-10-28(11-9-27)14-19(30)25-26-20(31)16-2-1-3-17(12-16)29(32)33/h1-7,12H,8-11,13-14H2,(H,25,30)(H,26,31). The Bertz CT molecular complexity index is 1020. The SMILES string of the molecule is O=C(CN1CCN(Cc2ccc(OC(F)(F)F)cc2)CC1)NNC(=O)c1cccc([N+](=O)[O-])c1. The van der Waals surface area contributed by atoms with Gasteiger partial charge in [0.25, 0.3) is 17.5 Å². The number of hydrogen-bond donors (Lipinski definition) is 2. The van der Waals surface area contributed by atoms with Crippen molar-refractivity contribution in [1.82, 2.24) is 20.7 Å². The highest BCUT2D eigenvalue weighted by atomic mass is 19.4. The second kappa shape index (κ2) is 10.9. The molecule has 1 fully saturated rings. The largest absolute Gasteiger partial charge is 0.573 e. The summed E-state index contributed by atoms with van der Waals surface area (Å²) in [7, 11) is 0. The molecule has 182 valence electrons. The lowest BCUT2D eigenvalue weighted by molar-refractivity contribution is -0.384. The average molecular weight is 481 g/mol. The van der Waals surface area contributed by atoms with Crippen LogP contribution in [0.25, 0.3) is 0 Å². The van der Waals surface area contributed by atoms with Crippen molar-refractivity contribution in [3.8, 4) is 5.75 Å². The lowest BCUT2D eigenvalue weighted by atomic mass is 10.2. The van der Waals surface area contributed by atoms with E-state index in [1.54, 1.807) is 12.1 Å². The topological polar surface area (TPSA) is 117 Å². The molecule has 2 amide bonds. The van der Waals surface area contributed by atoms with Crippen molar-refractivity contribution in [2.45, 2.75) is 12.9 Å². The molecule has 0 saturated carbocycles. The number of hydrazine groups is 1. The number of ether oxygens (including phenoxy) is 1. The maximum atomic E-state index is 12.2. The molecule has 0 bridgehead atoms. The fourth-order valence-electron chi connectivity index (χ4n) is 3.36. The van der Waals surface area contributed by atoms with Crippen LogP contribution in [0, 0.1) is 10.1 Å². The van der Waals surface area contributed by atoms with Gasteiger partial charge in [-0.2, -0.15) is 0 Å². The van der Waals surface area contributed by atoms with Gasteiger partial charge in [-0.1, -0.05) is 18.2 Å². The van der Waals surface area contributed by atoms with E-state index in [1.807, 2.05) is 4.90 Å². The van der Waals surface area contributed by atoms with E-state index in [0.717, 1.165) is 11.6 Å². The molecule has 2 N–H and O–H groups in total. The number of nitrogens with one attached hydrogen (secondary N) is 2. The maximum absolute atomic E-state index is 12.2. The Labute approximate surface area is 192 Å². The van der Waals surface area contributed by atoms with Crippen molar-refractivity contribution < 1.29 is 32.4 Å². The van der Waals surface area contributed by atoms with Crippen LogP contribution in [0.15, 0.2) is 48.5 Å². The van der Waals surface area contributed by atoms with E-state index in [4.69, 9.17) is 0 Å². The molecule has 10 nitrogen and oxygen atoms in total. The number of nitro groups is 1. The van der Waals surface area contributed by atoms with Gasteiger partial charge >= 0.3 is 6.36 Å². The molecular weight excluding hydrogens is 459 g/mol. The summed E-state index contributed by atoms with van der Waals surface area (Å²) >= 11 is 0. The quantitative estimate of drug-likeness (QED) is 0.459. The fourth-order valence-corrected chi connectivity index (χ4v) is 3.36. The van der Waals surface area contributed by atoms with Crippen LogP contribution in [0.5, 0.6) is 5.75 Å². The van der Waals surface area contributed by atoms with Crippen molar-refractivity contribution in [1.29, 1.82) is 0 Å². The smallest absolute Gasteiger partial charge is 0.406 e. The third-order valence-corrected chi connectivity index (χ3v) is 5.03. The zero-order valence-corrected chi connectivity index (χ0v) is 17.9. The number of nitro benzene ring substituents is 1. The number of non-ortho nitro benzene ring substituents is 1. The number of alkyl halides is 3. The number of hydrogen-bond acceptors (Lipinski definition) is 7. The zero-order valence-electron chi connectivity index (χ0n) is 17.9. The molecule has 1 heterocycles. The number of rotatable bonds is 7. The highest BCUT2D eigenvalue weighted by Gasteiger charge is 2.31. The van der Waals surface area contributed by atoms with E-state index in [-0.39, 0.29) is 23.5 Å². The summed E-state index contributed by atoms with van der Waals surface area (Å²) in [6, 6.07) is 10.8. The molecule has 0 atom stereocenters. The van der Waals surface area contributed by atoms with Crippen LogP contribution in [-0.2, 0) is 11.3 Å². The monoisotopic (exact) mass is 481 g/mol. The first-order valence-electron chi connectivity index (χ1n) is 10.2. The van der Waals surface area contributed by atoms with Gasteiger partial charge in [-0.25, -0.2) is 0 Å². The average Bonchev–Trinajstić information content (AvgIpc) is 2.79. The van der Waals surface area contributed by atoms with Gasteiger partial charge in [0.1, 0.15) is 5.75 Å². The Morgan fingerprint density at radius 3 is 2.26 bits per heavy atom. The van der Waals surface area contributed by atoms with Gasteiger partial charge in [-0.15, -0.1) is 13.2 Å². The summed E-state index contributed by atoms with van der Waals surface area (Å²) < 4.78 is 40.6. The van der Waals surface area contributed by atoms with E-state index in [9.17, 15) is 32.9 Å². The number of halogens is 3. The zero-order chi connectivity index (χ0) is 24.7. The first-order valence-corrected chi connectivity index (χ1v) is 10.2. The van der Waals surface area contributed by atoms with Crippen molar-refractivity contribution >= 4 is 17.5 Å². The van der Waals surface area contributed by atoms with Crippen LogP contribution in [0.3, 0.4) is 0 Å². The molecule has 0 aliphatic carbocycles. The summed E-state index contributed by atoms with van der Waals surface area (Å²) in [4.78, 5) is 38.4. The molecule has 2 aromatic carbocycles. The molecular formula is C21H22F3N5O5. The number of carbonyl (C=O) groups excluding carboxylic acids is 2. The minimum absolute atomic E-state index is 0.0427. The second-order valence-corrected chi connectivity index (χ2v) is 7.55. The lowest BCUT2D eigenvalue weighted by Gasteiger charge is -2.34. The summed E-state index contributed by atoms with van der Waals surface area (Å²) in [6.07, 6.45) is -4.73. The van der Waals surface area contributed by atoms with Gasteiger partial charge in [-0.3, -0.25) is 40.4 Å². The van der Waals surface area contributed by atoms with Crippen LogP contribution >= 0.6 is 0 Å². The van der Waals surface area contributed by atoms with E-state index in [1.165, 1.54) is 30.3 Å². The Morgan fingerprint density at radius 2 is 1.65 bits per heavy atom. The second-order valence-electron chi connectivity index (χ2n) is 7.55. The molecule has 34 heavy (non-hydrogen) atoms. The predicted molar refractivity (Wildman–Crippen MR) is 114 cm³/mol. The molecule has 2 aromatic rings. The summed E-state index contributed by atoms with van der Waals surface area (Å²) in [5.41, 5.74) is 5.18. The van der Waals surface area contributed by atoms with Gasteiger partial charge < -0.3 is 4.74 Å². The Morgan fingerprint density at radius 1 is 1.00 bits per heavy atom. The third kappa shape index (κ3) is 7.71. The van der Waals surface area contributed by atoms with Gasteiger partial charge in [-0.05, 0) is 23.8 Å². The molecule has 0 unspecified atom stereocenters.